The first-order chi connectivity index (χ1) is 14.1. The fourth-order valence-corrected chi connectivity index (χ4v) is 3.19. The Labute approximate surface area is 167 Å². The van der Waals surface area contributed by atoms with Crippen molar-refractivity contribution in [2.45, 2.75) is 6.92 Å². The number of aromatic nitrogens is 2. The largest absolute Gasteiger partial charge is 0.378 e. The number of para-hydroxylation sites is 2. The number of rotatable bonds is 5. The Morgan fingerprint density at radius 2 is 1.72 bits per heavy atom. The summed E-state index contributed by atoms with van der Waals surface area (Å²) in [5.74, 6) is -0.936. The number of hydrogen-bond donors (Lipinski definition) is 2. The van der Waals surface area contributed by atoms with E-state index in [-0.39, 0.29) is 0 Å². The summed E-state index contributed by atoms with van der Waals surface area (Å²) in [6.07, 6.45) is 0. The average Bonchev–Trinajstić information content (AvgIpc) is 2.71. The number of ether oxygens (including phenoxy) is 1. The Balaban J connectivity index is 1.57. The fraction of sp³-hybridized carbons (Fsp3) is 0.238. The van der Waals surface area contributed by atoms with Crippen molar-refractivity contribution in [1.82, 2.24) is 9.97 Å². The topological polar surface area (TPSA) is 62.3 Å². The first kappa shape index (κ1) is 19.1. The number of halogens is 2. The van der Waals surface area contributed by atoms with Gasteiger partial charge in [-0.05, 0) is 31.2 Å². The number of hydrogen-bond acceptors (Lipinski definition) is 6. The van der Waals surface area contributed by atoms with Crippen molar-refractivity contribution in [2.75, 3.05) is 41.8 Å². The van der Waals surface area contributed by atoms with Gasteiger partial charge in [0.15, 0.2) is 11.6 Å². The van der Waals surface area contributed by atoms with Crippen molar-refractivity contribution in [3.63, 3.8) is 0 Å². The molecule has 6 nitrogen and oxygen atoms in total. The van der Waals surface area contributed by atoms with E-state index < -0.39 is 11.6 Å². The lowest BCUT2D eigenvalue weighted by Crippen LogP contribution is -2.36. The van der Waals surface area contributed by atoms with Crippen molar-refractivity contribution in [1.29, 1.82) is 0 Å². The van der Waals surface area contributed by atoms with Crippen LogP contribution in [0.25, 0.3) is 0 Å². The van der Waals surface area contributed by atoms with Crippen molar-refractivity contribution < 1.29 is 13.5 Å². The predicted octanol–water partition coefficient (Wildman–Crippen LogP) is 4.39. The van der Waals surface area contributed by atoms with E-state index in [1.54, 1.807) is 0 Å². The van der Waals surface area contributed by atoms with E-state index >= 15 is 0 Å². The molecule has 0 atom stereocenters. The molecule has 0 unspecified atom stereocenters. The molecule has 29 heavy (non-hydrogen) atoms. The lowest BCUT2D eigenvalue weighted by atomic mass is 10.2. The Kier molecular flexibility index (Phi) is 5.53. The maximum atomic E-state index is 13.5. The van der Waals surface area contributed by atoms with Crippen LogP contribution in [0.2, 0.25) is 0 Å². The third-order valence-corrected chi connectivity index (χ3v) is 4.55. The summed E-state index contributed by atoms with van der Waals surface area (Å²) in [7, 11) is 0. The van der Waals surface area contributed by atoms with Gasteiger partial charge in [0.25, 0.3) is 0 Å². The van der Waals surface area contributed by atoms with Gasteiger partial charge < -0.3 is 20.3 Å². The molecule has 150 valence electrons. The SMILES string of the molecule is Cc1cc(Nc2ccccc2N2CCOCC2)nc(Nc2ccc(F)c(F)c2)n1. The van der Waals surface area contributed by atoms with Crippen molar-refractivity contribution in [3.8, 4) is 0 Å². The van der Waals surface area contributed by atoms with Crippen molar-refractivity contribution in [3.05, 3.63) is 65.9 Å². The third kappa shape index (κ3) is 4.60. The van der Waals surface area contributed by atoms with Gasteiger partial charge in [-0.15, -0.1) is 0 Å². The number of aryl methyl sites for hydroxylation is 1. The first-order valence-electron chi connectivity index (χ1n) is 9.35. The van der Waals surface area contributed by atoms with Crippen LogP contribution < -0.4 is 15.5 Å². The van der Waals surface area contributed by atoms with E-state index in [1.807, 2.05) is 31.2 Å². The highest BCUT2D eigenvalue weighted by atomic mass is 19.2. The molecule has 0 amide bonds. The highest BCUT2D eigenvalue weighted by molar-refractivity contribution is 5.74. The normalized spacial score (nSPS) is 14.0. The molecule has 8 heteroatoms. The number of nitrogens with one attached hydrogen (secondary N) is 2. The second kappa shape index (κ2) is 8.40. The monoisotopic (exact) mass is 397 g/mol. The lowest BCUT2D eigenvalue weighted by Gasteiger charge is -2.30. The van der Waals surface area contributed by atoms with E-state index in [0.717, 1.165) is 42.3 Å². The first-order valence-corrected chi connectivity index (χ1v) is 9.35. The molecule has 0 bridgehead atoms. The van der Waals surface area contributed by atoms with E-state index in [9.17, 15) is 8.78 Å². The quantitative estimate of drug-likeness (QED) is 0.666. The molecule has 0 saturated carbocycles. The number of nitrogens with zero attached hydrogens (tertiary/aromatic N) is 3. The maximum absolute atomic E-state index is 13.5. The van der Waals surface area contributed by atoms with Gasteiger partial charge >= 0.3 is 0 Å². The highest BCUT2D eigenvalue weighted by Crippen LogP contribution is 2.29. The van der Waals surface area contributed by atoms with Crippen LogP contribution in [0.15, 0.2) is 48.5 Å². The number of benzene rings is 2. The lowest BCUT2D eigenvalue weighted by molar-refractivity contribution is 0.123. The van der Waals surface area contributed by atoms with Crippen LogP contribution in [0.4, 0.5) is 37.6 Å². The summed E-state index contributed by atoms with van der Waals surface area (Å²) in [6, 6.07) is 13.4. The highest BCUT2D eigenvalue weighted by Gasteiger charge is 2.15. The predicted molar refractivity (Wildman–Crippen MR) is 109 cm³/mol. The zero-order chi connectivity index (χ0) is 20.2. The standard InChI is InChI=1S/C21H21F2N5O/c1-14-12-20(27-21(24-14)25-15-6-7-16(22)17(23)13-15)26-18-4-2-3-5-19(18)28-8-10-29-11-9-28/h2-7,12-13H,8-11H2,1H3,(H2,24,25,26,27). The molecule has 2 heterocycles. The van der Waals surface area contributed by atoms with E-state index in [0.29, 0.717) is 30.7 Å². The molecule has 2 N–H and O–H groups in total. The van der Waals surface area contributed by atoms with Gasteiger partial charge in [0, 0.05) is 36.6 Å². The van der Waals surface area contributed by atoms with Crippen LogP contribution in [-0.4, -0.2) is 36.3 Å². The Morgan fingerprint density at radius 1 is 0.931 bits per heavy atom. The second-order valence-electron chi connectivity index (χ2n) is 6.71. The van der Waals surface area contributed by atoms with Crippen LogP contribution in [0.3, 0.4) is 0 Å². The van der Waals surface area contributed by atoms with Crippen molar-refractivity contribution >= 4 is 28.8 Å². The molecular formula is C21H21F2N5O. The molecule has 2 aromatic carbocycles. The minimum atomic E-state index is -0.930. The van der Waals surface area contributed by atoms with Crippen LogP contribution in [0.5, 0.6) is 0 Å². The van der Waals surface area contributed by atoms with E-state index in [2.05, 4.69) is 31.6 Å². The summed E-state index contributed by atoms with van der Waals surface area (Å²) in [6.45, 7) is 4.89. The number of morpholine rings is 1. The molecule has 3 aromatic rings. The van der Waals surface area contributed by atoms with Gasteiger partial charge in [-0.25, -0.2) is 13.8 Å². The second-order valence-corrected chi connectivity index (χ2v) is 6.71. The van der Waals surface area contributed by atoms with E-state index in [4.69, 9.17) is 4.74 Å². The Bertz CT molecular complexity index is 1010. The van der Waals surface area contributed by atoms with Gasteiger partial charge in [-0.3, -0.25) is 0 Å². The third-order valence-electron chi connectivity index (χ3n) is 4.55. The molecule has 1 aromatic heterocycles. The Hall–Kier alpha value is -3.26. The van der Waals surface area contributed by atoms with Crippen LogP contribution >= 0.6 is 0 Å². The summed E-state index contributed by atoms with van der Waals surface area (Å²) >= 11 is 0. The van der Waals surface area contributed by atoms with Crippen LogP contribution in [-0.2, 0) is 4.74 Å². The van der Waals surface area contributed by atoms with Gasteiger partial charge in [-0.2, -0.15) is 4.98 Å². The van der Waals surface area contributed by atoms with Gasteiger partial charge in [-0.1, -0.05) is 12.1 Å². The maximum Gasteiger partial charge on any atom is 0.229 e. The average molecular weight is 397 g/mol. The van der Waals surface area contributed by atoms with Gasteiger partial charge in [0.1, 0.15) is 5.82 Å². The Morgan fingerprint density at radius 3 is 2.52 bits per heavy atom. The zero-order valence-corrected chi connectivity index (χ0v) is 16.0. The van der Waals surface area contributed by atoms with Gasteiger partial charge in [0.05, 0.1) is 24.6 Å². The van der Waals surface area contributed by atoms with Crippen LogP contribution in [0, 0.1) is 18.6 Å². The fourth-order valence-electron chi connectivity index (χ4n) is 3.19. The van der Waals surface area contributed by atoms with Crippen molar-refractivity contribution in [2.24, 2.45) is 0 Å². The zero-order valence-electron chi connectivity index (χ0n) is 16.0. The van der Waals surface area contributed by atoms with Gasteiger partial charge in [0.2, 0.25) is 5.95 Å². The number of anilines is 5. The molecule has 0 aliphatic carbocycles. The molecule has 1 saturated heterocycles. The van der Waals surface area contributed by atoms with E-state index in [1.165, 1.54) is 6.07 Å². The molecular weight excluding hydrogens is 376 g/mol. The minimum absolute atomic E-state index is 0.294. The summed E-state index contributed by atoms with van der Waals surface area (Å²) in [5, 5.41) is 6.27. The molecule has 1 aliphatic rings. The molecule has 4 rings (SSSR count). The molecule has 0 radical (unpaired) electrons. The van der Waals surface area contributed by atoms with Crippen LogP contribution in [0.1, 0.15) is 5.69 Å². The molecule has 1 fully saturated rings. The summed E-state index contributed by atoms with van der Waals surface area (Å²) in [5.41, 5.74) is 3.10. The smallest absolute Gasteiger partial charge is 0.229 e. The minimum Gasteiger partial charge on any atom is -0.378 e. The molecule has 1 aliphatic heterocycles. The molecule has 0 spiro atoms. The summed E-state index contributed by atoms with van der Waals surface area (Å²) in [4.78, 5) is 11.1. The summed E-state index contributed by atoms with van der Waals surface area (Å²) < 4.78 is 32.1.